The van der Waals surface area contributed by atoms with Gasteiger partial charge in [-0.2, -0.15) is 0 Å². The van der Waals surface area contributed by atoms with Crippen molar-refractivity contribution < 1.29 is 9.84 Å². The molecule has 3 nitrogen and oxygen atoms in total. The molecule has 1 atom stereocenters. The van der Waals surface area contributed by atoms with Crippen molar-refractivity contribution in [3.05, 3.63) is 0 Å². The van der Waals surface area contributed by atoms with Crippen molar-refractivity contribution >= 4 is 0 Å². The number of rotatable bonds is 4. The molecule has 0 aromatic heterocycles. The zero-order valence-electron chi connectivity index (χ0n) is 8.70. The first-order chi connectivity index (χ1) is 6.22. The average molecular weight is 187 g/mol. The molecule has 0 saturated carbocycles. The minimum Gasteiger partial charge on any atom is -0.392 e. The normalized spacial score (nSPS) is 23.3. The van der Waals surface area contributed by atoms with Crippen molar-refractivity contribution in [3.8, 4) is 0 Å². The fourth-order valence-corrected chi connectivity index (χ4v) is 1.95. The fourth-order valence-electron chi connectivity index (χ4n) is 1.95. The topological polar surface area (TPSA) is 32.7 Å². The van der Waals surface area contributed by atoms with E-state index in [0.29, 0.717) is 0 Å². The summed E-state index contributed by atoms with van der Waals surface area (Å²) < 4.78 is 5.13. The van der Waals surface area contributed by atoms with Crippen LogP contribution < -0.4 is 0 Å². The summed E-state index contributed by atoms with van der Waals surface area (Å²) in [6.45, 7) is 5.78. The van der Waals surface area contributed by atoms with Gasteiger partial charge in [0.1, 0.15) is 0 Å². The Morgan fingerprint density at radius 2 is 2.08 bits per heavy atom. The lowest BCUT2D eigenvalue weighted by Gasteiger charge is -2.32. The van der Waals surface area contributed by atoms with Gasteiger partial charge < -0.3 is 14.7 Å². The van der Waals surface area contributed by atoms with Gasteiger partial charge >= 0.3 is 0 Å². The third-order valence-corrected chi connectivity index (χ3v) is 2.63. The van der Waals surface area contributed by atoms with Crippen LogP contribution in [0, 0.1) is 5.92 Å². The molecule has 1 aliphatic heterocycles. The summed E-state index contributed by atoms with van der Waals surface area (Å²) >= 11 is 0. The number of aliphatic hydroxyl groups is 1. The molecule has 0 radical (unpaired) electrons. The van der Waals surface area contributed by atoms with E-state index in [2.05, 4.69) is 4.90 Å². The van der Waals surface area contributed by atoms with E-state index < -0.39 is 0 Å². The van der Waals surface area contributed by atoms with Crippen LogP contribution in [0.25, 0.3) is 0 Å². The molecule has 1 saturated heterocycles. The summed E-state index contributed by atoms with van der Waals surface area (Å²) in [5, 5.41) is 9.21. The van der Waals surface area contributed by atoms with Gasteiger partial charge in [0.15, 0.2) is 0 Å². The quantitative estimate of drug-likeness (QED) is 0.704. The van der Waals surface area contributed by atoms with Crippen molar-refractivity contribution in [2.45, 2.75) is 25.9 Å². The molecule has 1 N–H and O–H groups in total. The zero-order chi connectivity index (χ0) is 9.68. The highest BCUT2D eigenvalue weighted by Crippen LogP contribution is 2.17. The van der Waals surface area contributed by atoms with Crippen molar-refractivity contribution in [3.63, 3.8) is 0 Å². The molecule has 0 unspecified atom stereocenters. The summed E-state index contributed by atoms with van der Waals surface area (Å²) in [6, 6.07) is 0. The number of hydrogen-bond donors (Lipinski definition) is 1. The minimum absolute atomic E-state index is 0.195. The highest BCUT2D eigenvalue weighted by Gasteiger charge is 2.19. The van der Waals surface area contributed by atoms with Crippen LogP contribution in [0.5, 0.6) is 0 Å². The number of piperidine rings is 1. The van der Waals surface area contributed by atoms with E-state index in [1.165, 1.54) is 12.8 Å². The second-order valence-electron chi connectivity index (χ2n) is 4.05. The van der Waals surface area contributed by atoms with Gasteiger partial charge in [0.25, 0.3) is 0 Å². The van der Waals surface area contributed by atoms with Crippen molar-refractivity contribution in [2.24, 2.45) is 5.92 Å². The lowest BCUT2D eigenvalue weighted by atomic mass is 9.98. The first-order valence-electron chi connectivity index (χ1n) is 5.11. The van der Waals surface area contributed by atoms with Crippen molar-refractivity contribution in [1.82, 2.24) is 4.90 Å². The molecule has 1 fully saturated rings. The Balaban J connectivity index is 2.15. The number of methoxy groups -OCH3 is 1. The maximum Gasteiger partial charge on any atom is 0.0639 e. The van der Waals surface area contributed by atoms with Crippen molar-refractivity contribution in [2.75, 3.05) is 33.4 Å². The lowest BCUT2D eigenvalue weighted by molar-refractivity contribution is 0.0718. The van der Waals surface area contributed by atoms with E-state index in [1.807, 2.05) is 6.92 Å². The molecule has 1 rings (SSSR count). The summed E-state index contributed by atoms with van der Waals surface area (Å²) in [4.78, 5) is 2.33. The average Bonchev–Trinajstić information content (AvgIpc) is 2.08. The Bertz CT molecular complexity index is 131. The highest BCUT2D eigenvalue weighted by atomic mass is 16.5. The molecule has 0 spiro atoms. The first kappa shape index (κ1) is 11.0. The number of hydrogen-bond acceptors (Lipinski definition) is 3. The van der Waals surface area contributed by atoms with Crippen LogP contribution in [0.4, 0.5) is 0 Å². The summed E-state index contributed by atoms with van der Waals surface area (Å²) in [6.07, 6.45) is 2.22. The predicted molar refractivity (Wildman–Crippen MR) is 52.7 cm³/mol. The number of likely N-dealkylation sites (tertiary alicyclic amines) is 1. The minimum atomic E-state index is -0.195. The van der Waals surface area contributed by atoms with Gasteiger partial charge in [0, 0.05) is 20.3 Å². The molecule has 0 aromatic carbocycles. The Morgan fingerprint density at radius 3 is 2.54 bits per heavy atom. The molecule has 0 aliphatic carbocycles. The van der Waals surface area contributed by atoms with E-state index in [4.69, 9.17) is 4.74 Å². The Labute approximate surface area is 80.7 Å². The van der Waals surface area contributed by atoms with Crippen LogP contribution in [-0.2, 0) is 4.74 Å². The zero-order valence-corrected chi connectivity index (χ0v) is 8.70. The van der Waals surface area contributed by atoms with Crippen LogP contribution >= 0.6 is 0 Å². The van der Waals surface area contributed by atoms with Gasteiger partial charge in [-0.15, -0.1) is 0 Å². The van der Waals surface area contributed by atoms with Gasteiger partial charge in [-0.3, -0.25) is 0 Å². The molecule has 3 heteroatoms. The first-order valence-corrected chi connectivity index (χ1v) is 5.11. The summed E-state index contributed by atoms with van der Waals surface area (Å²) in [5.74, 6) is 0.732. The second kappa shape index (κ2) is 5.58. The molecular formula is C10H21NO2. The number of ether oxygens (including phenoxy) is 1. The molecule has 0 aromatic rings. The van der Waals surface area contributed by atoms with Crippen LogP contribution in [0.15, 0.2) is 0 Å². The molecule has 1 aliphatic rings. The van der Waals surface area contributed by atoms with Gasteiger partial charge in [-0.05, 0) is 38.8 Å². The van der Waals surface area contributed by atoms with E-state index >= 15 is 0 Å². The molecule has 13 heavy (non-hydrogen) atoms. The van der Waals surface area contributed by atoms with Crippen LogP contribution in [0.3, 0.4) is 0 Å². The lowest BCUT2D eigenvalue weighted by Crippen LogP contribution is -2.38. The third kappa shape index (κ3) is 4.07. The van der Waals surface area contributed by atoms with Crippen LogP contribution in [0.2, 0.25) is 0 Å². The standard InChI is InChI=1S/C10H21NO2/c1-9(12)7-11-5-3-10(4-6-11)8-13-2/h9-10,12H,3-8H2,1-2H3/t9-/m1/s1. The van der Waals surface area contributed by atoms with E-state index in [0.717, 1.165) is 32.2 Å². The number of β-amino-alcohol motifs (C(OH)–C–C–N with tert-alkyl or cyclic N) is 1. The Morgan fingerprint density at radius 1 is 1.46 bits per heavy atom. The smallest absolute Gasteiger partial charge is 0.0639 e. The van der Waals surface area contributed by atoms with Gasteiger partial charge in [0.05, 0.1) is 6.10 Å². The van der Waals surface area contributed by atoms with Crippen LogP contribution in [0.1, 0.15) is 19.8 Å². The van der Waals surface area contributed by atoms with Crippen molar-refractivity contribution in [1.29, 1.82) is 0 Å². The fraction of sp³-hybridized carbons (Fsp3) is 1.00. The van der Waals surface area contributed by atoms with Gasteiger partial charge in [-0.25, -0.2) is 0 Å². The van der Waals surface area contributed by atoms with Crippen LogP contribution in [-0.4, -0.2) is 49.5 Å². The molecule has 1 heterocycles. The summed E-state index contributed by atoms with van der Waals surface area (Å²) in [5.41, 5.74) is 0. The maximum absolute atomic E-state index is 9.21. The largest absolute Gasteiger partial charge is 0.392 e. The van der Waals surface area contributed by atoms with Gasteiger partial charge in [0.2, 0.25) is 0 Å². The second-order valence-corrected chi connectivity index (χ2v) is 4.05. The maximum atomic E-state index is 9.21. The molecule has 0 amide bonds. The molecule has 78 valence electrons. The number of aliphatic hydroxyl groups excluding tert-OH is 1. The van der Waals surface area contributed by atoms with E-state index in [1.54, 1.807) is 7.11 Å². The molecule has 0 bridgehead atoms. The third-order valence-electron chi connectivity index (χ3n) is 2.63. The highest BCUT2D eigenvalue weighted by molar-refractivity contribution is 4.72. The van der Waals surface area contributed by atoms with E-state index in [9.17, 15) is 5.11 Å². The monoisotopic (exact) mass is 187 g/mol. The molecular weight excluding hydrogens is 166 g/mol. The van der Waals surface area contributed by atoms with E-state index in [-0.39, 0.29) is 6.10 Å². The Kier molecular flexibility index (Phi) is 4.70. The predicted octanol–water partition coefficient (Wildman–Crippen LogP) is 0.726. The van der Waals surface area contributed by atoms with Gasteiger partial charge in [-0.1, -0.05) is 0 Å². The number of nitrogens with zero attached hydrogens (tertiary/aromatic N) is 1. The summed E-state index contributed by atoms with van der Waals surface area (Å²) in [7, 11) is 1.77. The SMILES string of the molecule is COCC1CCN(C[C@@H](C)O)CC1. The Hall–Kier alpha value is -0.120.